The van der Waals surface area contributed by atoms with Gasteiger partial charge in [0.25, 0.3) is 0 Å². The summed E-state index contributed by atoms with van der Waals surface area (Å²) >= 11 is 0. The number of aliphatic carboxylic acids is 2. The number of amides is 5. The zero-order chi connectivity index (χ0) is 35.1. The second-order valence-electron chi connectivity index (χ2n) is 10.5. The summed E-state index contributed by atoms with van der Waals surface area (Å²) in [5, 5.41) is 27.2. The molecule has 0 unspecified atom stereocenters. The Hall–Kier alpha value is -3.64. The minimum absolute atomic E-state index is 0.242. The fourth-order valence-corrected chi connectivity index (χ4v) is 4.05. The molecule has 0 spiro atoms. The van der Waals surface area contributed by atoms with Crippen molar-refractivity contribution in [3.63, 3.8) is 0 Å². The lowest BCUT2D eigenvalue weighted by molar-refractivity contribution is -0.143. The van der Waals surface area contributed by atoms with Gasteiger partial charge in [-0.05, 0) is 24.7 Å². The van der Waals surface area contributed by atoms with E-state index in [0.29, 0.717) is 12.8 Å². The smallest absolute Gasteiger partial charge is 0.469 e. The lowest BCUT2D eigenvalue weighted by Crippen LogP contribution is -2.60. The summed E-state index contributed by atoms with van der Waals surface area (Å²) in [6, 6.07) is -7.49. The Bertz CT molecular complexity index is 1120. The Kier molecular flexibility index (Phi) is 18.1. The number of hydrogen-bond donors (Lipinski definition) is 10. The van der Waals surface area contributed by atoms with Crippen LogP contribution in [0.1, 0.15) is 66.2 Å². The Balaban J connectivity index is 6.19. The molecular formula is C25H45N6O13P. The number of phosphoric acid groups is 1. The van der Waals surface area contributed by atoms with E-state index >= 15 is 0 Å². The number of carbonyl (C=O) groups excluding carboxylic acids is 5. The van der Waals surface area contributed by atoms with Crippen LogP contribution < -0.4 is 32.7 Å². The van der Waals surface area contributed by atoms with E-state index in [4.69, 9.17) is 16.6 Å². The van der Waals surface area contributed by atoms with Gasteiger partial charge in [0.05, 0.1) is 12.6 Å². The summed E-state index contributed by atoms with van der Waals surface area (Å²) in [5.41, 5.74) is 11.1. The largest absolute Gasteiger partial charge is 0.481 e. The fourth-order valence-electron chi connectivity index (χ4n) is 3.71. The van der Waals surface area contributed by atoms with Crippen LogP contribution in [0.4, 0.5) is 0 Å². The zero-order valence-electron chi connectivity index (χ0n) is 25.6. The van der Waals surface area contributed by atoms with E-state index in [1.54, 1.807) is 20.8 Å². The number of carbonyl (C=O) groups is 7. The molecule has 7 atom stereocenters. The maximum Gasteiger partial charge on any atom is 0.469 e. The monoisotopic (exact) mass is 668 g/mol. The van der Waals surface area contributed by atoms with Crippen LogP contribution in [0, 0.1) is 11.8 Å². The summed E-state index contributed by atoms with van der Waals surface area (Å²) in [4.78, 5) is 104. The molecule has 45 heavy (non-hydrogen) atoms. The normalized spacial score (nSPS) is 16.1. The molecule has 0 rings (SSSR count). The molecule has 0 fully saturated rings. The Morgan fingerprint density at radius 1 is 0.733 bits per heavy atom. The van der Waals surface area contributed by atoms with E-state index in [0.717, 1.165) is 0 Å². The Labute approximate surface area is 259 Å². The predicted molar refractivity (Wildman–Crippen MR) is 156 cm³/mol. The third kappa shape index (κ3) is 16.3. The molecule has 0 aromatic carbocycles. The first-order valence-electron chi connectivity index (χ1n) is 14.1. The molecule has 0 bridgehead atoms. The number of hydrogen-bond acceptors (Lipinski definition) is 10. The number of phosphoric ester groups is 1. The minimum Gasteiger partial charge on any atom is -0.481 e. The van der Waals surface area contributed by atoms with Crippen molar-refractivity contribution in [2.75, 3.05) is 6.61 Å². The standard InChI is InChI=1S/C25H45N6O13P/c1-5-12(3)19(27)23(37)31-20(13(4)6-2)24(38)30-16(11-44-45(41,42)43)22(36)28-14(7-9-17(26)32)21(35)29-15(25(39)40)8-10-18(33)34/h12-16,19-20H,5-11,27H2,1-4H3,(H2,26,32)(H,28,36)(H,29,35)(H,30,38)(H,31,37)(H,33,34)(H,39,40)(H2,41,42,43)/t12-,13+,14-,15-,16-,19-,20-/m0/s1. The summed E-state index contributed by atoms with van der Waals surface area (Å²) in [5.74, 6) is -8.61. The maximum atomic E-state index is 13.3. The molecule has 5 amide bonds. The van der Waals surface area contributed by atoms with E-state index in [1.165, 1.54) is 0 Å². The maximum absolute atomic E-state index is 13.3. The van der Waals surface area contributed by atoms with Crippen LogP contribution in [0.25, 0.3) is 0 Å². The van der Waals surface area contributed by atoms with Gasteiger partial charge >= 0.3 is 19.8 Å². The zero-order valence-corrected chi connectivity index (χ0v) is 26.5. The minimum atomic E-state index is -5.20. The number of rotatable bonds is 22. The SMILES string of the molecule is CC[C@@H](C)[C@H](NC(=O)[C@@H](N)[C@@H](C)CC)C(=O)N[C@@H](COP(=O)(O)O)C(=O)N[C@@H](CCC(N)=O)C(=O)N[C@@H](CCC(=O)O)C(=O)O. The number of nitrogens with two attached hydrogens (primary N) is 2. The summed E-state index contributed by atoms with van der Waals surface area (Å²) in [6.07, 6.45) is -1.18. The van der Waals surface area contributed by atoms with Gasteiger partial charge in [-0.1, -0.05) is 40.5 Å². The van der Waals surface area contributed by atoms with Gasteiger partial charge in [-0.15, -0.1) is 0 Å². The molecule has 0 aliphatic rings. The van der Waals surface area contributed by atoms with Gasteiger partial charge in [-0.3, -0.25) is 33.3 Å². The predicted octanol–water partition coefficient (Wildman–Crippen LogP) is -2.33. The molecule has 0 saturated carbocycles. The van der Waals surface area contributed by atoms with Crippen molar-refractivity contribution in [1.29, 1.82) is 0 Å². The molecule has 0 saturated heterocycles. The molecule has 0 aliphatic carbocycles. The molecule has 0 aromatic heterocycles. The lowest BCUT2D eigenvalue weighted by Gasteiger charge is -2.29. The lowest BCUT2D eigenvalue weighted by atomic mass is 9.95. The fraction of sp³-hybridized carbons (Fsp3) is 0.720. The van der Waals surface area contributed by atoms with Gasteiger partial charge in [0.2, 0.25) is 29.5 Å². The van der Waals surface area contributed by atoms with Gasteiger partial charge in [0, 0.05) is 12.8 Å². The number of primary amides is 1. The Morgan fingerprint density at radius 3 is 1.69 bits per heavy atom. The average molecular weight is 669 g/mol. The van der Waals surface area contributed by atoms with Gasteiger partial charge in [0.15, 0.2) is 0 Å². The molecule has 0 aromatic rings. The van der Waals surface area contributed by atoms with Crippen molar-refractivity contribution in [1.82, 2.24) is 21.3 Å². The molecule has 258 valence electrons. The van der Waals surface area contributed by atoms with Crippen molar-refractivity contribution in [2.24, 2.45) is 23.3 Å². The second-order valence-corrected chi connectivity index (χ2v) is 11.8. The van der Waals surface area contributed by atoms with E-state index in [2.05, 4.69) is 25.8 Å². The third-order valence-electron chi connectivity index (χ3n) is 6.97. The summed E-state index contributed by atoms with van der Waals surface area (Å²) < 4.78 is 15.8. The molecule has 20 heteroatoms. The highest BCUT2D eigenvalue weighted by Crippen LogP contribution is 2.35. The second kappa shape index (κ2) is 19.7. The van der Waals surface area contributed by atoms with Gasteiger partial charge in [0.1, 0.15) is 24.2 Å². The van der Waals surface area contributed by atoms with Crippen LogP contribution in [0.3, 0.4) is 0 Å². The summed E-state index contributed by atoms with van der Waals surface area (Å²) in [7, 11) is -5.20. The van der Waals surface area contributed by atoms with Crippen LogP contribution in [-0.4, -0.2) is 98.3 Å². The molecule has 0 aliphatic heterocycles. The highest BCUT2D eigenvalue weighted by Gasteiger charge is 2.35. The van der Waals surface area contributed by atoms with Crippen LogP contribution in [0.2, 0.25) is 0 Å². The Morgan fingerprint density at radius 2 is 1.22 bits per heavy atom. The van der Waals surface area contributed by atoms with Crippen LogP contribution in [0.15, 0.2) is 0 Å². The first-order valence-corrected chi connectivity index (χ1v) is 15.7. The van der Waals surface area contributed by atoms with Gasteiger partial charge in [-0.25, -0.2) is 9.36 Å². The van der Waals surface area contributed by atoms with E-state index in [1.807, 2.05) is 6.92 Å². The van der Waals surface area contributed by atoms with Crippen molar-refractivity contribution < 1.29 is 62.7 Å². The van der Waals surface area contributed by atoms with Crippen LogP contribution in [0.5, 0.6) is 0 Å². The highest BCUT2D eigenvalue weighted by atomic mass is 31.2. The van der Waals surface area contributed by atoms with Crippen LogP contribution >= 0.6 is 7.82 Å². The first-order chi connectivity index (χ1) is 20.7. The average Bonchev–Trinajstić information content (AvgIpc) is 2.95. The van der Waals surface area contributed by atoms with E-state index < -0.39 is 118 Å². The molecule has 19 nitrogen and oxygen atoms in total. The van der Waals surface area contributed by atoms with Crippen LogP contribution in [-0.2, 0) is 42.7 Å². The molecule has 12 N–H and O–H groups in total. The third-order valence-corrected chi connectivity index (χ3v) is 7.45. The van der Waals surface area contributed by atoms with Crippen molar-refractivity contribution in [3.05, 3.63) is 0 Å². The molecular weight excluding hydrogens is 623 g/mol. The quantitative estimate of drug-likeness (QED) is 0.0541. The highest BCUT2D eigenvalue weighted by molar-refractivity contribution is 7.46. The number of carboxylic acids is 2. The summed E-state index contributed by atoms with van der Waals surface area (Å²) in [6.45, 7) is 5.77. The van der Waals surface area contributed by atoms with Crippen molar-refractivity contribution >= 4 is 49.3 Å². The first kappa shape index (κ1) is 41.4. The van der Waals surface area contributed by atoms with Gasteiger partial charge < -0.3 is 52.7 Å². The number of nitrogens with one attached hydrogen (secondary N) is 4. The van der Waals surface area contributed by atoms with E-state index in [-0.39, 0.29) is 5.92 Å². The van der Waals surface area contributed by atoms with Gasteiger partial charge in [-0.2, -0.15) is 0 Å². The molecule has 0 radical (unpaired) electrons. The van der Waals surface area contributed by atoms with Crippen molar-refractivity contribution in [2.45, 2.75) is 96.4 Å². The van der Waals surface area contributed by atoms with E-state index in [9.17, 15) is 53.0 Å². The topological polar surface area (TPSA) is 327 Å². The molecule has 0 heterocycles. The van der Waals surface area contributed by atoms with Crippen molar-refractivity contribution in [3.8, 4) is 0 Å². The number of carboxylic acid groups (broad SMARTS) is 2.